The van der Waals surface area contributed by atoms with Gasteiger partial charge >= 0.3 is 0 Å². The summed E-state index contributed by atoms with van der Waals surface area (Å²) in [6.07, 6.45) is 5.59. The second kappa shape index (κ2) is 7.54. The van der Waals surface area contributed by atoms with Crippen LogP contribution < -0.4 is 5.32 Å². The van der Waals surface area contributed by atoms with E-state index >= 15 is 0 Å². The largest absolute Gasteiger partial charge is 0.459 e. The van der Waals surface area contributed by atoms with Gasteiger partial charge in [0.05, 0.1) is 6.54 Å². The van der Waals surface area contributed by atoms with Gasteiger partial charge in [0.1, 0.15) is 17.2 Å². The number of rotatable bonds is 4. The highest BCUT2D eigenvalue weighted by atomic mass is 16.3. The molecule has 3 heterocycles. The molecule has 0 saturated heterocycles. The highest BCUT2D eigenvalue weighted by Gasteiger charge is 2.23. The van der Waals surface area contributed by atoms with Gasteiger partial charge in [0.2, 0.25) is 11.8 Å². The topological polar surface area (TPSA) is 75.4 Å². The molecule has 3 aromatic rings. The van der Waals surface area contributed by atoms with E-state index < -0.39 is 0 Å². The average molecular weight is 389 g/mol. The molecular weight excluding hydrogens is 366 g/mol. The molecule has 148 valence electrons. The van der Waals surface area contributed by atoms with Crippen LogP contribution in [0, 0.1) is 12.8 Å². The number of anilines is 1. The SMILES string of the molecule is Cc1c(CN(C)C(=O)/C=C/c2cnc3c(c2)CC(C)C(=O)N3)oc2ccccc12. The zero-order valence-corrected chi connectivity index (χ0v) is 16.7. The third-order valence-electron chi connectivity index (χ3n) is 5.32. The number of nitrogens with one attached hydrogen (secondary N) is 1. The number of fused-ring (bicyclic) bond motifs is 2. The number of carbonyl (C=O) groups excluding carboxylic acids is 2. The summed E-state index contributed by atoms with van der Waals surface area (Å²) in [7, 11) is 1.75. The average Bonchev–Trinajstić information content (AvgIpc) is 3.02. The van der Waals surface area contributed by atoms with Crippen LogP contribution in [-0.2, 0) is 22.6 Å². The van der Waals surface area contributed by atoms with Crippen molar-refractivity contribution in [1.29, 1.82) is 0 Å². The molecule has 1 atom stereocenters. The first kappa shape index (κ1) is 18.9. The maximum atomic E-state index is 12.6. The molecule has 0 spiro atoms. The molecular formula is C23H23N3O3. The van der Waals surface area contributed by atoms with Crippen molar-refractivity contribution >= 4 is 34.7 Å². The van der Waals surface area contributed by atoms with E-state index in [9.17, 15) is 9.59 Å². The molecule has 0 fully saturated rings. The van der Waals surface area contributed by atoms with Crippen LogP contribution in [0.15, 0.2) is 47.0 Å². The van der Waals surface area contributed by atoms with E-state index in [1.807, 2.05) is 44.2 Å². The Kier molecular flexibility index (Phi) is 4.92. The Balaban J connectivity index is 1.46. The van der Waals surface area contributed by atoms with Gasteiger partial charge in [-0.1, -0.05) is 25.1 Å². The summed E-state index contributed by atoms with van der Waals surface area (Å²) in [5, 5.41) is 3.87. The molecule has 4 rings (SSSR count). The van der Waals surface area contributed by atoms with Gasteiger partial charge in [-0.25, -0.2) is 4.98 Å². The van der Waals surface area contributed by atoms with E-state index in [1.54, 1.807) is 24.2 Å². The molecule has 0 radical (unpaired) electrons. The molecule has 0 aliphatic carbocycles. The Hall–Kier alpha value is -3.41. The number of benzene rings is 1. The first-order chi connectivity index (χ1) is 13.9. The summed E-state index contributed by atoms with van der Waals surface area (Å²) in [5.41, 5.74) is 3.70. The fourth-order valence-electron chi connectivity index (χ4n) is 3.51. The number of hydrogen-bond donors (Lipinski definition) is 1. The maximum Gasteiger partial charge on any atom is 0.246 e. The number of carbonyl (C=O) groups is 2. The van der Waals surface area contributed by atoms with Crippen molar-refractivity contribution in [2.24, 2.45) is 5.92 Å². The Morgan fingerprint density at radius 3 is 2.97 bits per heavy atom. The summed E-state index contributed by atoms with van der Waals surface area (Å²) >= 11 is 0. The summed E-state index contributed by atoms with van der Waals surface area (Å²) in [6.45, 7) is 4.29. The second-order valence-corrected chi connectivity index (χ2v) is 7.54. The Labute approximate surface area is 169 Å². The minimum Gasteiger partial charge on any atom is -0.459 e. The number of furan rings is 1. The smallest absolute Gasteiger partial charge is 0.246 e. The number of amides is 2. The van der Waals surface area contributed by atoms with Gasteiger partial charge in [-0.15, -0.1) is 0 Å². The van der Waals surface area contributed by atoms with Crippen molar-refractivity contribution in [3.63, 3.8) is 0 Å². The van der Waals surface area contributed by atoms with Crippen molar-refractivity contribution in [2.75, 3.05) is 12.4 Å². The normalized spacial score (nSPS) is 16.1. The first-order valence-electron chi connectivity index (χ1n) is 9.62. The van der Waals surface area contributed by atoms with E-state index in [0.717, 1.165) is 33.4 Å². The van der Waals surface area contributed by atoms with Crippen LogP contribution in [0.25, 0.3) is 17.0 Å². The van der Waals surface area contributed by atoms with Crippen LogP contribution in [0.1, 0.15) is 29.4 Å². The van der Waals surface area contributed by atoms with Crippen LogP contribution in [0.4, 0.5) is 5.82 Å². The lowest BCUT2D eigenvalue weighted by Crippen LogP contribution is -2.28. The Morgan fingerprint density at radius 2 is 2.17 bits per heavy atom. The summed E-state index contributed by atoms with van der Waals surface area (Å²) < 4.78 is 5.90. The van der Waals surface area contributed by atoms with Crippen molar-refractivity contribution in [3.8, 4) is 0 Å². The second-order valence-electron chi connectivity index (χ2n) is 7.54. The van der Waals surface area contributed by atoms with Crippen LogP contribution in [0.3, 0.4) is 0 Å². The molecule has 1 aliphatic rings. The van der Waals surface area contributed by atoms with Crippen molar-refractivity contribution < 1.29 is 14.0 Å². The minimum atomic E-state index is -0.121. The zero-order chi connectivity index (χ0) is 20.5. The van der Waals surface area contributed by atoms with Crippen molar-refractivity contribution in [3.05, 3.63) is 65.1 Å². The highest BCUT2D eigenvalue weighted by Crippen LogP contribution is 2.26. The predicted molar refractivity (Wildman–Crippen MR) is 112 cm³/mol. The fraction of sp³-hybridized carbons (Fsp3) is 0.261. The van der Waals surface area contributed by atoms with Gasteiger partial charge in [0.25, 0.3) is 0 Å². The van der Waals surface area contributed by atoms with Gasteiger partial charge in [-0.05, 0) is 42.7 Å². The van der Waals surface area contributed by atoms with E-state index in [-0.39, 0.29) is 17.7 Å². The number of nitrogens with zero attached hydrogens (tertiary/aromatic N) is 2. The summed E-state index contributed by atoms with van der Waals surface area (Å²) in [4.78, 5) is 30.2. The molecule has 0 bridgehead atoms. The molecule has 2 amide bonds. The molecule has 0 saturated carbocycles. The van der Waals surface area contributed by atoms with Crippen molar-refractivity contribution in [1.82, 2.24) is 9.88 Å². The Bertz CT molecular complexity index is 1130. The van der Waals surface area contributed by atoms with E-state index in [0.29, 0.717) is 18.8 Å². The van der Waals surface area contributed by atoms with Gasteiger partial charge < -0.3 is 14.6 Å². The van der Waals surface area contributed by atoms with Gasteiger partial charge in [0, 0.05) is 36.2 Å². The lowest BCUT2D eigenvalue weighted by molar-refractivity contribution is -0.125. The third kappa shape index (κ3) is 3.78. The number of likely N-dealkylation sites (N-methyl/N-ethyl adjacent to an activating group) is 1. The molecule has 1 N–H and O–H groups in total. The minimum absolute atomic E-state index is 0.00836. The molecule has 6 nitrogen and oxygen atoms in total. The van der Waals surface area contributed by atoms with E-state index in [4.69, 9.17) is 4.42 Å². The van der Waals surface area contributed by atoms with Crippen LogP contribution >= 0.6 is 0 Å². The van der Waals surface area contributed by atoms with Crippen molar-refractivity contribution in [2.45, 2.75) is 26.8 Å². The van der Waals surface area contributed by atoms with Crippen LogP contribution in [0.5, 0.6) is 0 Å². The van der Waals surface area contributed by atoms with E-state index in [2.05, 4.69) is 10.3 Å². The molecule has 6 heteroatoms. The zero-order valence-electron chi connectivity index (χ0n) is 16.7. The fourth-order valence-corrected chi connectivity index (χ4v) is 3.51. The lowest BCUT2D eigenvalue weighted by Gasteiger charge is -2.21. The number of hydrogen-bond acceptors (Lipinski definition) is 4. The van der Waals surface area contributed by atoms with Gasteiger partial charge in [-0.3, -0.25) is 9.59 Å². The Morgan fingerprint density at radius 1 is 1.38 bits per heavy atom. The molecule has 1 aliphatic heterocycles. The standard InChI is InChI=1S/C23H23N3O3/c1-14-10-17-11-16(12-24-22(17)25-23(14)28)8-9-21(27)26(3)13-20-15(2)18-6-4-5-7-19(18)29-20/h4-9,11-12,14H,10,13H2,1-3H3,(H,24,25,28)/b9-8+. The summed E-state index contributed by atoms with van der Waals surface area (Å²) in [6, 6.07) is 9.83. The van der Waals surface area contributed by atoms with Gasteiger partial charge in [-0.2, -0.15) is 0 Å². The number of pyridine rings is 1. The number of aryl methyl sites for hydroxylation is 1. The van der Waals surface area contributed by atoms with Crippen LogP contribution in [0.2, 0.25) is 0 Å². The highest BCUT2D eigenvalue weighted by molar-refractivity contribution is 5.95. The number of para-hydroxylation sites is 1. The van der Waals surface area contributed by atoms with Crippen LogP contribution in [-0.4, -0.2) is 28.7 Å². The molecule has 1 unspecified atom stereocenters. The summed E-state index contributed by atoms with van der Waals surface area (Å²) in [5.74, 6) is 1.18. The third-order valence-corrected chi connectivity index (χ3v) is 5.32. The number of aromatic nitrogens is 1. The lowest BCUT2D eigenvalue weighted by atomic mass is 9.96. The van der Waals surface area contributed by atoms with Gasteiger partial charge in [0.15, 0.2) is 0 Å². The molecule has 1 aromatic carbocycles. The monoisotopic (exact) mass is 389 g/mol. The quantitative estimate of drug-likeness (QED) is 0.686. The van der Waals surface area contributed by atoms with E-state index in [1.165, 1.54) is 6.08 Å². The molecule has 2 aromatic heterocycles. The first-order valence-corrected chi connectivity index (χ1v) is 9.62. The molecule has 29 heavy (non-hydrogen) atoms. The maximum absolute atomic E-state index is 12.6. The predicted octanol–water partition coefficient (Wildman–Crippen LogP) is 3.94.